The quantitative estimate of drug-likeness (QED) is 0.667. The van der Waals surface area contributed by atoms with Crippen LogP contribution in [0.4, 0.5) is 0 Å². The molecule has 62 valence electrons. The van der Waals surface area contributed by atoms with E-state index in [1.54, 1.807) is 11.3 Å². The third kappa shape index (κ3) is 2.80. The van der Waals surface area contributed by atoms with Crippen LogP contribution in [0.5, 0.6) is 0 Å². The fourth-order valence-corrected chi connectivity index (χ4v) is 1.96. The maximum absolute atomic E-state index is 5.69. The standard InChI is InChI=1S/C8H12ClNS/c1-6(4-9)3-8-5-10-7(2)11-8/h5-6H,3-4H2,1-2H3. The van der Waals surface area contributed by atoms with E-state index in [0.29, 0.717) is 5.92 Å². The van der Waals surface area contributed by atoms with Gasteiger partial charge in [-0.15, -0.1) is 22.9 Å². The normalized spacial score (nSPS) is 13.4. The minimum atomic E-state index is 0.566. The van der Waals surface area contributed by atoms with E-state index < -0.39 is 0 Å². The fourth-order valence-electron chi connectivity index (χ4n) is 0.898. The van der Waals surface area contributed by atoms with Crippen LogP contribution >= 0.6 is 22.9 Å². The molecule has 1 unspecified atom stereocenters. The second kappa shape index (κ2) is 4.07. The molecule has 0 radical (unpaired) electrons. The average molecular weight is 190 g/mol. The molecule has 0 aliphatic heterocycles. The Morgan fingerprint density at radius 1 is 1.73 bits per heavy atom. The molecule has 11 heavy (non-hydrogen) atoms. The Hall–Kier alpha value is -0.0800. The van der Waals surface area contributed by atoms with Crippen molar-refractivity contribution in [3.63, 3.8) is 0 Å². The van der Waals surface area contributed by atoms with Gasteiger partial charge in [0.05, 0.1) is 5.01 Å². The summed E-state index contributed by atoms with van der Waals surface area (Å²) in [6.45, 7) is 4.18. The van der Waals surface area contributed by atoms with Crippen molar-refractivity contribution in [3.8, 4) is 0 Å². The maximum Gasteiger partial charge on any atom is 0.0896 e. The number of rotatable bonds is 3. The molecular weight excluding hydrogens is 178 g/mol. The van der Waals surface area contributed by atoms with Gasteiger partial charge < -0.3 is 0 Å². The highest BCUT2D eigenvalue weighted by molar-refractivity contribution is 7.11. The number of hydrogen-bond donors (Lipinski definition) is 0. The zero-order valence-corrected chi connectivity index (χ0v) is 8.37. The van der Waals surface area contributed by atoms with E-state index in [1.807, 2.05) is 13.1 Å². The van der Waals surface area contributed by atoms with Gasteiger partial charge in [0.25, 0.3) is 0 Å². The van der Waals surface area contributed by atoms with E-state index in [0.717, 1.165) is 17.3 Å². The fraction of sp³-hybridized carbons (Fsp3) is 0.625. The van der Waals surface area contributed by atoms with Gasteiger partial charge in [-0.2, -0.15) is 0 Å². The Morgan fingerprint density at radius 3 is 2.91 bits per heavy atom. The van der Waals surface area contributed by atoms with Gasteiger partial charge >= 0.3 is 0 Å². The molecule has 1 rings (SSSR count). The first-order chi connectivity index (χ1) is 5.22. The molecule has 0 aliphatic rings. The molecule has 1 aromatic heterocycles. The number of nitrogens with zero attached hydrogens (tertiary/aromatic N) is 1. The van der Waals surface area contributed by atoms with Crippen molar-refractivity contribution in [3.05, 3.63) is 16.1 Å². The lowest BCUT2D eigenvalue weighted by Gasteiger charge is -2.02. The molecule has 1 aromatic rings. The molecule has 0 N–H and O–H groups in total. The Labute approximate surface area is 76.4 Å². The van der Waals surface area contributed by atoms with Crippen LogP contribution in [0, 0.1) is 12.8 Å². The average Bonchev–Trinajstić information content (AvgIpc) is 2.35. The highest BCUT2D eigenvalue weighted by Gasteiger charge is 2.03. The maximum atomic E-state index is 5.69. The Morgan fingerprint density at radius 2 is 2.45 bits per heavy atom. The molecule has 1 nitrogen and oxygen atoms in total. The van der Waals surface area contributed by atoms with Crippen molar-refractivity contribution >= 4 is 22.9 Å². The van der Waals surface area contributed by atoms with Crippen LogP contribution in [0.3, 0.4) is 0 Å². The number of halogens is 1. The first-order valence-corrected chi connectivity index (χ1v) is 5.04. The predicted molar refractivity (Wildman–Crippen MR) is 50.4 cm³/mol. The van der Waals surface area contributed by atoms with Crippen molar-refractivity contribution in [1.82, 2.24) is 4.98 Å². The van der Waals surface area contributed by atoms with E-state index in [2.05, 4.69) is 11.9 Å². The van der Waals surface area contributed by atoms with Crippen molar-refractivity contribution < 1.29 is 0 Å². The zero-order valence-electron chi connectivity index (χ0n) is 6.80. The van der Waals surface area contributed by atoms with E-state index in [9.17, 15) is 0 Å². The molecule has 1 heterocycles. The SMILES string of the molecule is Cc1ncc(CC(C)CCl)s1. The molecule has 0 aliphatic carbocycles. The van der Waals surface area contributed by atoms with Crippen LogP contribution < -0.4 is 0 Å². The van der Waals surface area contributed by atoms with Crippen molar-refractivity contribution in [2.24, 2.45) is 5.92 Å². The first kappa shape index (κ1) is 9.01. The monoisotopic (exact) mass is 189 g/mol. The summed E-state index contributed by atoms with van der Waals surface area (Å²) < 4.78 is 0. The van der Waals surface area contributed by atoms with Crippen molar-refractivity contribution in [2.45, 2.75) is 20.3 Å². The van der Waals surface area contributed by atoms with E-state index >= 15 is 0 Å². The minimum absolute atomic E-state index is 0.566. The van der Waals surface area contributed by atoms with Gasteiger partial charge in [0.15, 0.2) is 0 Å². The van der Waals surface area contributed by atoms with Crippen LogP contribution in [-0.2, 0) is 6.42 Å². The number of thiazole rings is 1. The lowest BCUT2D eigenvalue weighted by atomic mass is 10.1. The van der Waals surface area contributed by atoms with Crippen LogP contribution in [-0.4, -0.2) is 10.9 Å². The molecule has 1 atom stereocenters. The van der Waals surface area contributed by atoms with E-state index in [-0.39, 0.29) is 0 Å². The lowest BCUT2D eigenvalue weighted by molar-refractivity contribution is 0.661. The van der Waals surface area contributed by atoms with Crippen LogP contribution in [0.1, 0.15) is 16.8 Å². The smallest absolute Gasteiger partial charge is 0.0896 e. The van der Waals surface area contributed by atoms with E-state index in [4.69, 9.17) is 11.6 Å². The third-order valence-electron chi connectivity index (χ3n) is 1.48. The molecule has 0 aromatic carbocycles. The minimum Gasteiger partial charge on any atom is -0.250 e. The van der Waals surface area contributed by atoms with Crippen LogP contribution in [0.25, 0.3) is 0 Å². The van der Waals surface area contributed by atoms with Gasteiger partial charge in [-0.05, 0) is 19.3 Å². The van der Waals surface area contributed by atoms with Crippen LogP contribution in [0.15, 0.2) is 6.20 Å². The molecular formula is C8H12ClNS. The van der Waals surface area contributed by atoms with Crippen molar-refractivity contribution in [1.29, 1.82) is 0 Å². The molecule has 3 heteroatoms. The zero-order chi connectivity index (χ0) is 8.27. The molecule has 0 saturated carbocycles. The van der Waals surface area contributed by atoms with Gasteiger partial charge in [0.2, 0.25) is 0 Å². The van der Waals surface area contributed by atoms with E-state index in [1.165, 1.54) is 4.88 Å². The largest absolute Gasteiger partial charge is 0.250 e. The summed E-state index contributed by atoms with van der Waals surface area (Å²) in [6.07, 6.45) is 3.01. The predicted octanol–water partition coefficient (Wildman–Crippen LogP) is 2.87. The summed E-state index contributed by atoms with van der Waals surface area (Å²) in [4.78, 5) is 5.52. The summed E-state index contributed by atoms with van der Waals surface area (Å²) in [5.41, 5.74) is 0. The second-order valence-electron chi connectivity index (χ2n) is 2.81. The number of alkyl halides is 1. The van der Waals surface area contributed by atoms with Gasteiger partial charge in [-0.3, -0.25) is 0 Å². The van der Waals surface area contributed by atoms with Crippen LogP contribution in [0.2, 0.25) is 0 Å². The second-order valence-corrected chi connectivity index (χ2v) is 4.44. The number of aromatic nitrogens is 1. The highest BCUT2D eigenvalue weighted by Crippen LogP contribution is 2.16. The molecule has 0 fully saturated rings. The summed E-state index contributed by atoms with van der Waals surface area (Å²) in [7, 11) is 0. The van der Waals surface area contributed by atoms with Gasteiger partial charge in [-0.1, -0.05) is 6.92 Å². The Bertz CT molecular complexity index is 222. The summed E-state index contributed by atoms with van der Waals surface area (Å²) in [5.74, 6) is 1.30. The highest BCUT2D eigenvalue weighted by atomic mass is 35.5. The van der Waals surface area contributed by atoms with Gasteiger partial charge in [0, 0.05) is 17.0 Å². The first-order valence-electron chi connectivity index (χ1n) is 3.69. The van der Waals surface area contributed by atoms with Crippen molar-refractivity contribution in [2.75, 3.05) is 5.88 Å². The Kier molecular flexibility index (Phi) is 3.34. The molecule has 0 saturated heterocycles. The summed E-state index contributed by atoms with van der Waals surface area (Å²) in [5, 5.41) is 1.14. The molecule has 0 spiro atoms. The molecule has 0 bridgehead atoms. The van der Waals surface area contributed by atoms with Gasteiger partial charge in [0.1, 0.15) is 0 Å². The molecule has 0 amide bonds. The third-order valence-corrected chi connectivity index (χ3v) is 2.94. The lowest BCUT2D eigenvalue weighted by Crippen LogP contribution is -1.98. The topological polar surface area (TPSA) is 12.9 Å². The number of hydrogen-bond acceptors (Lipinski definition) is 2. The van der Waals surface area contributed by atoms with Gasteiger partial charge in [-0.25, -0.2) is 4.98 Å². The number of aryl methyl sites for hydroxylation is 1. The summed E-state index contributed by atoms with van der Waals surface area (Å²) >= 11 is 7.45. The summed E-state index contributed by atoms with van der Waals surface area (Å²) in [6, 6.07) is 0. The Balaban J connectivity index is 2.50.